The molecule has 1 saturated heterocycles. The predicted molar refractivity (Wildman–Crippen MR) is 134 cm³/mol. The molecule has 2 aliphatic rings. The average Bonchev–Trinajstić information content (AvgIpc) is 3.38. The van der Waals surface area contributed by atoms with Gasteiger partial charge in [-0.3, -0.25) is 9.69 Å². The van der Waals surface area contributed by atoms with Gasteiger partial charge in [0, 0.05) is 49.4 Å². The van der Waals surface area contributed by atoms with Gasteiger partial charge in [0.1, 0.15) is 11.6 Å². The van der Waals surface area contributed by atoms with Gasteiger partial charge in [0.15, 0.2) is 0 Å². The van der Waals surface area contributed by atoms with E-state index in [9.17, 15) is 9.18 Å². The van der Waals surface area contributed by atoms with E-state index in [1.165, 1.54) is 28.3 Å². The number of fused-ring (bicyclic) bond motifs is 3. The number of thiophene rings is 1. The van der Waals surface area contributed by atoms with E-state index in [4.69, 9.17) is 4.74 Å². The summed E-state index contributed by atoms with van der Waals surface area (Å²) in [7, 11) is 1.69. The van der Waals surface area contributed by atoms with Crippen LogP contribution in [0.5, 0.6) is 5.75 Å². The van der Waals surface area contributed by atoms with Gasteiger partial charge in [0.2, 0.25) is 5.91 Å². The fourth-order valence-electron chi connectivity index (χ4n) is 5.15. The van der Waals surface area contributed by atoms with E-state index in [1.54, 1.807) is 18.4 Å². The molecule has 5 nitrogen and oxygen atoms in total. The third-order valence-corrected chi connectivity index (χ3v) is 7.85. The monoisotopic (exact) mass is 479 g/mol. The highest BCUT2D eigenvalue weighted by molar-refractivity contribution is 7.09. The molecule has 1 aromatic heterocycles. The van der Waals surface area contributed by atoms with Crippen LogP contribution in [0.1, 0.15) is 16.0 Å². The number of methoxy groups -OCH3 is 1. The van der Waals surface area contributed by atoms with Gasteiger partial charge in [-0.2, -0.15) is 0 Å². The van der Waals surface area contributed by atoms with Gasteiger partial charge < -0.3 is 15.0 Å². The van der Waals surface area contributed by atoms with Crippen molar-refractivity contribution in [3.8, 4) is 5.75 Å². The van der Waals surface area contributed by atoms with E-state index in [2.05, 4.69) is 38.7 Å². The maximum Gasteiger partial charge on any atom is 0.225 e. The molecule has 3 aromatic rings. The van der Waals surface area contributed by atoms with Crippen molar-refractivity contribution in [1.82, 2.24) is 10.2 Å². The summed E-state index contributed by atoms with van der Waals surface area (Å²) < 4.78 is 18.8. The molecule has 34 heavy (non-hydrogen) atoms. The number of halogens is 1. The molecule has 0 unspecified atom stereocenters. The lowest BCUT2D eigenvalue weighted by molar-refractivity contribution is -0.126. The summed E-state index contributed by atoms with van der Waals surface area (Å²) >= 11 is 1.72. The molecule has 5 rings (SSSR count). The minimum Gasteiger partial charge on any atom is -0.497 e. The minimum atomic E-state index is -0.217. The van der Waals surface area contributed by atoms with Crippen molar-refractivity contribution in [2.75, 3.05) is 38.2 Å². The number of carbonyl (C=O) groups excluding carboxylic acids is 1. The van der Waals surface area contributed by atoms with Crippen molar-refractivity contribution in [2.45, 2.75) is 25.4 Å². The molecule has 2 aliphatic heterocycles. The number of ether oxygens (including phenoxy) is 1. The summed E-state index contributed by atoms with van der Waals surface area (Å²) in [5, 5.41) is 5.27. The molecule has 3 heterocycles. The molecule has 1 fully saturated rings. The molecule has 0 spiro atoms. The number of rotatable bonds is 7. The number of nitrogens with zero attached hydrogens (tertiary/aromatic N) is 2. The molecule has 0 saturated carbocycles. The molecule has 2 atom stereocenters. The topological polar surface area (TPSA) is 44.8 Å². The Morgan fingerprint density at radius 2 is 2.03 bits per heavy atom. The Morgan fingerprint density at radius 3 is 2.79 bits per heavy atom. The van der Waals surface area contributed by atoms with Gasteiger partial charge in [-0.1, -0.05) is 24.3 Å². The second-order valence-corrected chi connectivity index (χ2v) is 10.1. The first-order chi connectivity index (χ1) is 16.6. The first-order valence-corrected chi connectivity index (χ1v) is 12.7. The smallest absolute Gasteiger partial charge is 0.225 e. The van der Waals surface area contributed by atoms with Crippen LogP contribution in [0.3, 0.4) is 0 Å². The highest BCUT2D eigenvalue weighted by Crippen LogP contribution is 2.38. The minimum absolute atomic E-state index is 0.0792. The van der Waals surface area contributed by atoms with Crippen LogP contribution in [0.15, 0.2) is 60.0 Å². The Balaban J connectivity index is 1.34. The zero-order chi connectivity index (χ0) is 23.5. The largest absolute Gasteiger partial charge is 0.497 e. The van der Waals surface area contributed by atoms with Gasteiger partial charge in [-0.05, 0) is 53.6 Å². The highest BCUT2D eigenvalue weighted by Gasteiger charge is 2.41. The summed E-state index contributed by atoms with van der Waals surface area (Å²) in [6.45, 7) is 3.92. The molecular formula is C27H30FN3O2S. The van der Waals surface area contributed by atoms with Crippen molar-refractivity contribution in [3.05, 3.63) is 81.8 Å². The van der Waals surface area contributed by atoms with Crippen LogP contribution in [-0.2, 0) is 24.2 Å². The first kappa shape index (κ1) is 22.9. The summed E-state index contributed by atoms with van der Waals surface area (Å²) in [6, 6.07) is 17.1. The molecule has 1 amide bonds. The van der Waals surface area contributed by atoms with E-state index in [1.807, 2.05) is 24.3 Å². The lowest BCUT2D eigenvalue weighted by Crippen LogP contribution is -2.61. The van der Waals surface area contributed by atoms with E-state index >= 15 is 0 Å². The maximum absolute atomic E-state index is 13.4. The Hall–Kier alpha value is -2.90. The highest BCUT2D eigenvalue weighted by atomic mass is 32.1. The zero-order valence-electron chi connectivity index (χ0n) is 19.4. The van der Waals surface area contributed by atoms with Crippen molar-refractivity contribution in [2.24, 2.45) is 5.92 Å². The van der Waals surface area contributed by atoms with Crippen LogP contribution in [0.4, 0.5) is 10.1 Å². The quantitative estimate of drug-likeness (QED) is 0.554. The number of hydrogen-bond donors (Lipinski definition) is 1. The average molecular weight is 480 g/mol. The fraction of sp³-hybridized carbons (Fsp3) is 0.370. The Bertz CT molecular complexity index is 1120. The van der Waals surface area contributed by atoms with Gasteiger partial charge in [-0.25, -0.2) is 4.39 Å². The Morgan fingerprint density at radius 1 is 1.18 bits per heavy atom. The lowest BCUT2D eigenvalue weighted by Gasteiger charge is -2.49. The van der Waals surface area contributed by atoms with E-state index in [-0.39, 0.29) is 23.7 Å². The van der Waals surface area contributed by atoms with E-state index < -0.39 is 0 Å². The van der Waals surface area contributed by atoms with Gasteiger partial charge in [0.25, 0.3) is 0 Å². The SMILES string of the molecule is COc1ccc2c(c1)N1CCN(Cc3ccc(F)cc3)C[C@@H]1[C@H](C(=O)NCCc1cccs1)C2. The number of anilines is 1. The second kappa shape index (κ2) is 10.2. The lowest BCUT2D eigenvalue weighted by atomic mass is 9.83. The zero-order valence-corrected chi connectivity index (χ0v) is 20.2. The number of amides is 1. The fourth-order valence-corrected chi connectivity index (χ4v) is 5.86. The summed E-state index contributed by atoms with van der Waals surface area (Å²) in [4.78, 5) is 19.5. The molecule has 0 bridgehead atoms. The molecule has 178 valence electrons. The third kappa shape index (κ3) is 4.95. The van der Waals surface area contributed by atoms with Crippen LogP contribution in [-0.4, -0.2) is 50.1 Å². The number of hydrogen-bond acceptors (Lipinski definition) is 5. The Labute approximate surface area is 204 Å². The first-order valence-electron chi connectivity index (χ1n) is 11.8. The molecule has 0 radical (unpaired) electrons. The number of benzene rings is 2. The van der Waals surface area contributed by atoms with Crippen molar-refractivity contribution < 1.29 is 13.9 Å². The van der Waals surface area contributed by atoms with E-state index in [0.717, 1.165) is 50.3 Å². The van der Waals surface area contributed by atoms with E-state index in [0.29, 0.717) is 6.54 Å². The van der Waals surface area contributed by atoms with Crippen molar-refractivity contribution >= 4 is 22.9 Å². The summed E-state index contributed by atoms with van der Waals surface area (Å²) in [5.74, 6) is 0.618. The normalized spacial score (nSPS) is 19.9. The number of piperazine rings is 1. The number of carbonyl (C=O) groups is 1. The summed E-state index contributed by atoms with van der Waals surface area (Å²) in [5.41, 5.74) is 3.46. The van der Waals surface area contributed by atoms with Gasteiger partial charge in [0.05, 0.1) is 19.1 Å². The van der Waals surface area contributed by atoms with Crippen LogP contribution >= 0.6 is 11.3 Å². The second-order valence-electron chi connectivity index (χ2n) is 9.05. The Kier molecular flexibility index (Phi) is 6.83. The standard InChI is InChI=1S/C27H30FN3O2S/c1-33-22-9-6-20-15-24(27(32)29-11-10-23-3-2-14-34-23)26-18-30(12-13-31(26)25(20)16-22)17-19-4-7-21(28)8-5-19/h2-9,14,16,24,26H,10-13,15,17-18H2,1H3,(H,29,32)/t24-,26-/m1/s1. The van der Waals surface area contributed by atoms with Crippen LogP contribution < -0.4 is 15.0 Å². The molecular weight excluding hydrogens is 449 g/mol. The summed E-state index contributed by atoms with van der Waals surface area (Å²) in [6.07, 6.45) is 1.57. The molecule has 1 N–H and O–H groups in total. The molecule has 2 aromatic carbocycles. The third-order valence-electron chi connectivity index (χ3n) is 6.92. The number of nitrogens with one attached hydrogen (secondary N) is 1. The van der Waals surface area contributed by atoms with Gasteiger partial charge >= 0.3 is 0 Å². The molecule has 7 heteroatoms. The van der Waals surface area contributed by atoms with Crippen LogP contribution in [0, 0.1) is 11.7 Å². The van der Waals surface area contributed by atoms with Gasteiger partial charge in [-0.15, -0.1) is 11.3 Å². The van der Waals surface area contributed by atoms with Crippen molar-refractivity contribution in [3.63, 3.8) is 0 Å². The maximum atomic E-state index is 13.4. The molecule has 0 aliphatic carbocycles. The van der Waals surface area contributed by atoms with Crippen molar-refractivity contribution in [1.29, 1.82) is 0 Å². The van der Waals surface area contributed by atoms with Crippen LogP contribution in [0.2, 0.25) is 0 Å². The predicted octanol–water partition coefficient (Wildman–Crippen LogP) is 4.12. The van der Waals surface area contributed by atoms with Crippen LogP contribution in [0.25, 0.3) is 0 Å².